The molecule has 7 heteroatoms. The molecule has 0 aliphatic heterocycles. The zero-order valence-corrected chi connectivity index (χ0v) is 10.9. The summed E-state index contributed by atoms with van der Waals surface area (Å²) in [5.74, 6) is -2.54. The first-order chi connectivity index (χ1) is 9.40. The van der Waals surface area contributed by atoms with Crippen molar-refractivity contribution in [2.45, 2.75) is 13.0 Å². The lowest BCUT2D eigenvalue weighted by Crippen LogP contribution is -2.45. The van der Waals surface area contributed by atoms with Crippen LogP contribution in [0.5, 0.6) is 0 Å². The second-order valence-corrected chi connectivity index (χ2v) is 4.23. The highest BCUT2D eigenvalue weighted by atomic mass is 16.4. The Hall–Kier alpha value is -2.57. The van der Waals surface area contributed by atoms with Gasteiger partial charge in [-0.1, -0.05) is 30.3 Å². The molecule has 0 aromatic heterocycles. The van der Waals surface area contributed by atoms with Crippen LogP contribution in [0.15, 0.2) is 30.3 Å². The fourth-order valence-electron chi connectivity index (χ4n) is 1.63. The standard InChI is InChI=1S/C13H16N2O5/c1-9(10-5-3-2-4-6-10)14-13(20)15(7-11(16)17)8-12(18)19/h2-6,9H,7-8H2,1H3,(H,14,20)(H,16,17)(H,18,19). The molecule has 1 atom stereocenters. The molecule has 0 saturated heterocycles. The molecule has 3 N–H and O–H groups in total. The second kappa shape index (κ2) is 7.13. The molecule has 0 aliphatic rings. The van der Waals surface area contributed by atoms with Crippen LogP contribution in [0.2, 0.25) is 0 Å². The third-order valence-electron chi connectivity index (χ3n) is 2.58. The van der Waals surface area contributed by atoms with E-state index in [1.54, 1.807) is 6.92 Å². The molecule has 0 saturated carbocycles. The molecule has 0 radical (unpaired) electrons. The molecular weight excluding hydrogens is 264 g/mol. The molecule has 108 valence electrons. The molecule has 20 heavy (non-hydrogen) atoms. The first-order valence-corrected chi connectivity index (χ1v) is 5.94. The van der Waals surface area contributed by atoms with Crippen LogP contribution >= 0.6 is 0 Å². The van der Waals surface area contributed by atoms with Crippen molar-refractivity contribution >= 4 is 18.0 Å². The van der Waals surface area contributed by atoms with Crippen molar-refractivity contribution in [2.24, 2.45) is 0 Å². The fourth-order valence-corrected chi connectivity index (χ4v) is 1.63. The maximum absolute atomic E-state index is 11.9. The average molecular weight is 280 g/mol. The predicted octanol–water partition coefficient (Wildman–Crippen LogP) is 0.928. The van der Waals surface area contributed by atoms with Gasteiger partial charge in [-0.25, -0.2) is 4.79 Å². The van der Waals surface area contributed by atoms with E-state index >= 15 is 0 Å². The van der Waals surface area contributed by atoms with Crippen LogP contribution in [-0.2, 0) is 9.59 Å². The number of carboxylic acids is 2. The first kappa shape index (κ1) is 15.5. The van der Waals surface area contributed by atoms with Gasteiger partial charge in [0.05, 0.1) is 6.04 Å². The number of hydrogen-bond donors (Lipinski definition) is 3. The summed E-state index contributed by atoms with van der Waals surface area (Å²) in [5.41, 5.74) is 0.839. The summed E-state index contributed by atoms with van der Waals surface area (Å²) in [6, 6.07) is 7.99. The molecule has 1 aromatic rings. The van der Waals surface area contributed by atoms with Crippen LogP contribution in [0.25, 0.3) is 0 Å². The molecule has 0 fully saturated rings. The van der Waals surface area contributed by atoms with E-state index in [2.05, 4.69) is 5.32 Å². The van der Waals surface area contributed by atoms with Gasteiger partial charge in [0.2, 0.25) is 0 Å². The number of urea groups is 1. The van der Waals surface area contributed by atoms with Crippen LogP contribution in [0, 0.1) is 0 Å². The monoisotopic (exact) mass is 280 g/mol. The van der Waals surface area contributed by atoms with Gasteiger partial charge in [-0.3, -0.25) is 9.59 Å². The Morgan fingerprint density at radius 1 is 1.10 bits per heavy atom. The van der Waals surface area contributed by atoms with Crippen molar-refractivity contribution in [3.05, 3.63) is 35.9 Å². The Bertz CT molecular complexity index is 473. The maximum Gasteiger partial charge on any atom is 0.323 e. The zero-order valence-electron chi connectivity index (χ0n) is 10.9. The largest absolute Gasteiger partial charge is 0.480 e. The van der Waals surface area contributed by atoms with Gasteiger partial charge in [0, 0.05) is 0 Å². The molecule has 0 aliphatic carbocycles. The van der Waals surface area contributed by atoms with Gasteiger partial charge in [-0.2, -0.15) is 0 Å². The van der Waals surface area contributed by atoms with Crippen LogP contribution < -0.4 is 5.32 Å². The smallest absolute Gasteiger partial charge is 0.323 e. The molecule has 2 amide bonds. The third kappa shape index (κ3) is 4.97. The molecular formula is C13H16N2O5. The highest BCUT2D eigenvalue weighted by Crippen LogP contribution is 2.11. The minimum atomic E-state index is -1.27. The molecule has 1 aromatic carbocycles. The summed E-state index contributed by atoms with van der Waals surface area (Å²) >= 11 is 0. The summed E-state index contributed by atoms with van der Waals surface area (Å²) in [5, 5.41) is 19.9. The summed E-state index contributed by atoms with van der Waals surface area (Å²) in [4.78, 5) is 33.9. The number of benzene rings is 1. The lowest BCUT2D eigenvalue weighted by molar-refractivity contribution is -0.140. The second-order valence-electron chi connectivity index (χ2n) is 4.23. The van der Waals surface area contributed by atoms with Gasteiger partial charge in [-0.05, 0) is 12.5 Å². The van der Waals surface area contributed by atoms with Gasteiger partial charge in [0.25, 0.3) is 0 Å². The number of carbonyl (C=O) groups excluding carboxylic acids is 1. The average Bonchev–Trinajstić information content (AvgIpc) is 2.37. The van der Waals surface area contributed by atoms with Crippen molar-refractivity contribution < 1.29 is 24.6 Å². The SMILES string of the molecule is CC(NC(=O)N(CC(=O)O)CC(=O)O)c1ccccc1. The number of amides is 2. The van der Waals surface area contributed by atoms with Crippen molar-refractivity contribution in [1.82, 2.24) is 10.2 Å². The van der Waals surface area contributed by atoms with Crippen LogP contribution in [-0.4, -0.2) is 46.2 Å². The summed E-state index contributed by atoms with van der Waals surface area (Å²) in [6.07, 6.45) is 0. The Morgan fingerprint density at radius 2 is 1.60 bits per heavy atom. The number of aliphatic carboxylic acids is 2. The topological polar surface area (TPSA) is 107 Å². The normalized spacial score (nSPS) is 11.4. The van der Waals surface area contributed by atoms with Crippen molar-refractivity contribution in [2.75, 3.05) is 13.1 Å². The molecule has 1 rings (SSSR count). The van der Waals surface area contributed by atoms with E-state index in [1.165, 1.54) is 0 Å². The summed E-state index contributed by atoms with van der Waals surface area (Å²) < 4.78 is 0. The number of nitrogens with one attached hydrogen (secondary N) is 1. The Kier molecular flexibility index (Phi) is 5.52. The van der Waals surface area contributed by atoms with Gasteiger partial charge in [0.15, 0.2) is 0 Å². The Morgan fingerprint density at radius 3 is 2.05 bits per heavy atom. The van der Waals surface area contributed by atoms with E-state index in [0.29, 0.717) is 0 Å². The van der Waals surface area contributed by atoms with Gasteiger partial charge in [-0.15, -0.1) is 0 Å². The lowest BCUT2D eigenvalue weighted by Gasteiger charge is -2.22. The molecule has 0 bridgehead atoms. The van der Waals surface area contributed by atoms with E-state index in [0.717, 1.165) is 10.5 Å². The minimum absolute atomic E-state index is 0.353. The molecule has 0 heterocycles. The lowest BCUT2D eigenvalue weighted by atomic mass is 10.1. The van der Waals surface area contributed by atoms with Crippen molar-refractivity contribution in [3.63, 3.8) is 0 Å². The van der Waals surface area contributed by atoms with E-state index in [1.807, 2.05) is 30.3 Å². The third-order valence-corrected chi connectivity index (χ3v) is 2.58. The van der Waals surface area contributed by atoms with Crippen LogP contribution in [0.4, 0.5) is 4.79 Å². The van der Waals surface area contributed by atoms with E-state index < -0.39 is 31.1 Å². The number of rotatable bonds is 6. The first-order valence-electron chi connectivity index (χ1n) is 5.94. The van der Waals surface area contributed by atoms with Crippen molar-refractivity contribution in [3.8, 4) is 0 Å². The number of nitrogens with zero attached hydrogens (tertiary/aromatic N) is 1. The highest BCUT2D eigenvalue weighted by Gasteiger charge is 2.21. The zero-order chi connectivity index (χ0) is 15.1. The molecule has 1 unspecified atom stereocenters. The Labute approximate surface area is 115 Å². The quantitative estimate of drug-likeness (QED) is 0.718. The fraction of sp³-hybridized carbons (Fsp3) is 0.308. The number of hydrogen-bond acceptors (Lipinski definition) is 3. The van der Waals surface area contributed by atoms with E-state index in [9.17, 15) is 14.4 Å². The summed E-state index contributed by atoms with van der Waals surface area (Å²) in [6.45, 7) is 0.395. The van der Waals surface area contributed by atoms with E-state index in [-0.39, 0.29) is 6.04 Å². The van der Waals surface area contributed by atoms with Crippen LogP contribution in [0.1, 0.15) is 18.5 Å². The maximum atomic E-state index is 11.9. The number of carbonyl (C=O) groups is 3. The highest BCUT2D eigenvalue weighted by molar-refractivity contribution is 5.84. The molecule has 7 nitrogen and oxygen atoms in total. The predicted molar refractivity (Wildman–Crippen MR) is 70.2 cm³/mol. The van der Waals surface area contributed by atoms with Gasteiger partial charge in [0.1, 0.15) is 13.1 Å². The van der Waals surface area contributed by atoms with Gasteiger partial charge >= 0.3 is 18.0 Å². The van der Waals surface area contributed by atoms with Crippen LogP contribution in [0.3, 0.4) is 0 Å². The van der Waals surface area contributed by atoms with Gasteiger partial charge < -0.3 is 20.4 Å². The van der Waals surface area contributed by atoms with E-state index in [4.69, 9.17) is 10.2 Å². The minimum Gasteiger partial charge on any atom is -0.480 e. The number of carboxylic acid groups (broad SMARTS) is 2. The molecule has 0 spiro atoms. The Balaban J connectivity index is 2.70. The summed E-state index contributed by atoms with van der Waals surface area (Å²) in [7, 11) is 0. The van der Waals surface area contributed by atoms with Crippen molar-refractivity contribution in [1.29, 1.82) is 0 Å².